The van der Waals surface area contributed by atoms with Crippen LogP contribution in [-0.2, 0) is 18.9 Å². The summed E-state index contributed by atoms with van der Waals surface area (Å²) in [7, 11) is 0. The van der Waals surface area contributed by atoms with E-state index in [1.807, 2.05) is 20.8 Å². The average Bonchev–Trinajstić information content (AvgIpc) is 3.02. The molecule has 0 aromatic carbocycles. The van der Waals surface area contributed by atoms with Crippen molar-refractivity contribution >= 4 is 0 Å². The molecule has 0 amide bonds. The van der Waals surface area contributed by atoms with Gasteiger partial charge in [0.05, 0.1) is 26.4 Å². The third kappa shape index (κ3) is 2.92. The summed E-state index contributed by atoms with van der Waals surface area (Å²) in [5.41, 5.74) is -0.116. The molecule has 4 nitrogen and oxygen atoms in total. The Balaban J connectivity index is 1.56. The second kappa shape index (κ2) is 3.45. The molecule has 2 fully saturated rings. The predicted molar refractivity (Wildman–Crippen MR) is 50.1 cm³/mol. The van der Waals surface area contributed by atoms with E-state index in [1.54, 1.807) is 0 Å². The Morgan fingerprint density at radius 3 is 1.71 bits per heavy atom. The lowest BCUT2D eigenvalue weighted by Crippen LogP contribution is -2.25. The van der Waals surface area contributed by atoms with Crippen LogP contribution in [0, 0.1) is 0 Å². The van der Waals surface area contributed by atoms with Gasteiger partial charge in [0, 0.05) is 0 Å². The van der Waals surface area contributed by atoms with Crippen LogP contribution in [0.2, 0.25) is 0 Å². The summed E-state index contributed by atoms with van der Waals surface area (Å²) in [6.45, 7) is 8.76. The molecule has 2 atom stereocenters. The van der Waals surface area contributed by atoms with Crippen molar-refractivity contribution in [1.82, 2.24) is 0 Å². The molecule has 0 aliphatic carbocycles. The Bertz CT molecular complexity index is 186. The van der Waals surface area contributed by atoms with E-state index in [2.05, 4.69) is 0 Å². The van der Waals surface area contributed by atoms with Gasteiger partial charge in [-0.1, -0.05) is 0 Å². The van der Waals surface area contributed by atoms with Gasteiger partial charge in [0.1, 0.15) is 11.2 Å². The van der Waals surface area contributed by atoms with E-state index >= 15 is 0 Å². The molecule has 4 heteroatoms. The minimum absolute atomic E-state index is 0.0579. The molecule has 2 rings (SSSR count). The molecule has 2 saturated heterocycles. The maximum Gasteiger partial charge on any atom is 0.155 e. The maximum atomic E-state index is 5.49. The third-order valence-corrected chi connectivity index (χ3v) is 2.52. The topological polar surface area (TPSA) is 43.5 Å². The van der Waals surface area contributed by atoms with Crippen molar-refractivity contribution < 1.29 is 18.9 Å². The van der Waals surface area contributed by atoms with Crippen molar-refractivity contribution in [2.24, 2.45) is 0 Å². The zero-order valence-corrected chi connectivity index (χ0v) is 9.04. The van der Waals surface area contributed by atoms with Gasteiger partial charge in [-0.25, -0.2) is 0 Å². The fourth-order valence-electron chi connectivity index (χ4n) is 1.05. The summed E-state index contributed by atoms with van der Waals surface area (Å²) in [5.74, 6) is 0. The summed E-state index contributed by atoms with van der Waals surface area (Å²) in [6, 6.07) is 0. The molecule has 82 valence electrons. The van der Waals surface area contributed by atoms with E-state index < -0.39 is 0 Å². The quantitative estimate of drug-likeness (QED) is 0.475. The molecule has 0 spiro atoms. The molecule has 0 aromatic rings. The molecule has 0 bridgehead atoms. The zero-order valence-electron chi connectivity index (χ0n) is 9.04. The molecule has 0 aromatic heterocycles. The second-order valence-electron chi connectivity index (χ2n) is 4.67. The summed E-state index contributed by atoms with van der Waals surface area (Å²) in [6.07, 6.45) is -0.183. The van der Waals surface area contributed by atoms with Gasteiger partial charge in [0.2, 0.25) is 0 Å². The molecule has 0 saturated carbocycles. The monoisotopic (exact) mass is 202 g/mol. The fraction of sp³-hybridized carbons (Fsp3) is 1.00. The van der Waals surface area contributed by atoms with Gasteiger partial charge in [-0.15, -0.1) is 0 Å². The van der Waals surface area contributed by atoms with Crippen LogP contribution in [0.1, 0.15) is 20.8 Å². The van der Waals surface area contributed by atoms with Crippen molar-refractivity contribution in [1.29, 1.82) is 0 Å². The van der Waals surface area contributed by atoms with E-state index in [0.717, 1.165) is 13.2 Å². The van der Waals surface area contributed by atoms with Crippen molar-refractivity contribution in [3.05, 3.63) is 0 Å². The second-order valence-corrected chi connectivity index (χ2v) is 4.67. The molecule has 0 N–H and O–H groups in total. The van der Waals surface area contributed by atoms with Crippen LogP contribution in [-0.4, -0.2) is 43.9 Å². The van der Waals surface area contributed by atoms with Crippen LogP contribution in [0.15, 0.2) is 0 Å². The first kappa shape index (κ1) is 10.4. The van der Waals surface area contributed by atoms with E-state index in [9.17, 15) is 0 Å². The van der Waals surface area contributed by atoms with Crippen molar-refractivity contribution in [2.45, 2.75) is 38.3 Å². The molecule has 2 aliphatic heterocycles. The molecular formula is C10H18O4. The van der Waals surface area contributed by atoms with Crippen LogP contribution in [0.5, 0.6) is 0 Å². The Labute approximate surface area is 84.5 Å². The Morgan fingerprint density at radius 1 is 1.07 bits per heavy atom. The molecule has 0 radical (unpaired) electrons. The predicted octanol–water partition coefficient (Wildman–Crippen LogP) is 0.943. The standard InChI is InChI=1S/C10H18O4/c1-8(11-4-9(2)6-13-9)12-5-10(3)7-14-10/h8H,4-7H2,1-3H3. The molecular weight excluding hydrogens is 184 g/mol. The van der Waals surface area contributed by atoms with Gasteiger partial charge in [0.25, 0.3) is 0 Å². The van der Waals surface area contributed by atoms with Crippen LogP contribution in [0.3, 0.4) is 0 Å². The largest absolute Gasteiger partial charge is 0.367 e. The summed E-state index contributed by atoms with van der Waals surface area (Å²) in [4.78, 5) is 0. The van der Waals surface area contributed by atoms with Gasteiger partial charge < -0.3 is 18.9 Å². The first-order valence-corrected chi connectivity index (χ1v) is 5.03. The molecule has 2 heterocycles. The van der Waals surface area contributed by atoms with Crippen molar-refractivity contribution in [2.75, 3.05) is 26.4 Å². The highest BCUT2D eigenvalue weighted by molar-refractivity contribution is 4.87. The highest BCUT2D eigenvalue weighted by Gasteiger charge is 2.41. The molecule has 14 heavy (non-hydrogen) atoms. The lowest BCUT2D eigenvalue weighted by molar-refractivity contribution is -0.147. The van der Waals surface area contributed by atoms with Gasteiger partial charge in [-0.3, -0.25) is 0 Å². The number of hydrogen-bond acceptors (Lipinski definition) is 4. The van der Waals surface area contributed by atoms with E-state index in [-0.39, 0.29) is 17.5 Å². The van der Waals surface area contributed by atoms with Crippen molar-refractivity contribution in [3.8, 4) is 0 Å². The number of epoxide rings is 2. The average molecular weight is 202 g/mol. The lowest BCUT2D eigenvalue weighted by Gasteiger charge is -2.16. The molecule has 2 aliphatic rings. The van der Waals surface area contributed by atoms with E-state index in [1.165, 1.54) is 0 Å². The summed E-state index contributed by atoms with van der Waals surface area (Å²) < 4.78 is 21.4. The lowest BCUT2D eigenvalue weighted by atomic mass is 10.2. The maximum absolute atomic E-state index is 5.49. The minimum Gasteiger partial charge on any atom is -0.367 e. The van der Waals surface area contributed by atoms with E-state index in [0.29, 0.717) is 13.2 Å². The Kier molecular flexibility index (Phi) is 2.55. The van der Waals surface area contributed by atoms with Gasteiger partial charge in [-0.2, -0.15) is 0 Å². The van der Waals surface area contributed by atoms with Crippen LogP contribution in [0.4, 0.5) is 0 Å². The first-order valence-electron chi connectivity index (χ1n) is 5.03. The third-order valence-electron chi connectivity index (χ3n) is 2.52. The fourth-order valence-corrected chi connectivity index (χ4v) is 1.05. The van der Waals surface area contributed by atoms with Crippen LogP contribution >= 0.6 is 0 Å². The van der Waals surface area contributed by atoms with Gasteiger partial charge in [0.15, 0.2) is 6.29 Å². The number of rotatable bonds is 6. The first-order chi connectivity index (χ1) is 6.52. The Morgan fingerprint density at radius 2 is 1.43 bits per heavy atom. The number of ether oxygens (including phenoxy) is 4. The number of hydrogen-bond donors (Lipinski definition) is 0. The minimum atomic E-state index is -0.183. The smallest absolute Gasteiger partial charge is 0.155 e. The Hall–Kier alpha value is -0.160. The normalized spacial score (nSPS) is 42.2. The highest BCUT2D eigenvalue weighted by atomic mass is 16.7. The zero-order chi connectivity index (χ0) is 10.2. The van der Waals surface area contributed by atoms with Crippen LogP contribution in [0.25, 0.3) is 0 Å². The highest BCUT2D eigenvalue weighted by Crippen LogP contribution is 2.28. The molecule has 2 unspecified atom stereocenters. The van der Waals surface area contributed by atoms with Gasteiger partial charge in [-0.05, 0) is 20.8 Å². The summed E-state index contributed by atoms with van der Waals surface area (Å²) >= 11 is 0. The SMILES string of the molecule is CC(OCC1(C)CO1)OCC1(C)CO1. The van der Waals surface area contributed by atoms with E-state index in [4.69, 9.17) is 18.9 Å². The van der Waals surface area contributed by atoms with Crippen LogP contribution < -0.4 is 0 Å². The summed E-state index contributed by atoms with van der Waals surface area (Å²) in [5, 5.41) is 0. The van der Waals surface area contributed by atoms with Gasteiger partial charge >= 0.3 is 0 Å². The van der Waals surface area contributed by atoms with Crippen molar-refractivity contribution in [3.63, 3.8) is 0 Å².